The van der Waals surface area contributed by atoms with E-state index in [1.165, 1.54) is 22.5 Å². The van der Waals surface area contributed by atoms with Crippen LogP contribution in [0, 0.1) is 0 Å². The van der Waals surface area contributed by atoms with Crippen LogP contribution in [0.2, 0.25) is 0 Å². The minimum absolute atomic E-state index is 0. The minimum Gasteiger partial charge on any atom is -0.423 e. The van der Waals surface area contributed by atoms with E-state index in [9.17, 15) is 13.2 Å². The molecule has 2 atom stereocenters. The van der Waals surface area contributed by atoms with E-state index in [4.69, 9.17) is 4.42 Å². The molecule has 2 heterocycles. The van der Waals surface area contributed by atoms with E-state index in [0.29, 0.717) is 24.1 Å². The van der Waals surface area contributed by atoms with Crippen LogP contribution in [0.5, 0.6) is 0 Å². The van der Waals surface area contributed by atoms with Crippen molar-refractivity contribution in [2.24, 2.45) is 0 Å². The second kappa shape index (κ2) is 6.60. The van der Waals surface area contributed by atoms with Crippen LogP contribution in [0.25, 0.3) is 11.0 Å². The van der Waals surface area contributed by atoms with E-state index in [1.807, 2.05) is 13.8 Å². The van der Waals surface area contributed by atoms with Crippen molar-refractivity contribution in [2.45, 2.75) is 30.8 Å². The van der Waals surface area contributed by atoms with Crippen molar-refractivity contribution in [1.82, 2.24) is 9.62 Å². The number of hydrogen-bond donors (Lipinski definition) is 1. The molecule has 0 radical (unpaired) electrons. The van der Waals surface area contributed by atoms with Gasteiger partial charge in [-0.05, 0) is 38.1 Å². The van der Waals surface area contributed by atoms with Gasteiger partial charge in [-0.15, -0.1) is 12.4 Å². The van der Waals surface area contributed by atoms with Crippen LogP contribution in [-0.4, -0.2) is 37.9 Å². The van der Waals surface area contributed by atoms with Crippen LogP contribution in [0.4, 0.5) is 0 Å². The Morgan fingerprint density at radius 1 is 1.22 bits per heavy atom. The number of nitrogens with one attached hydrogen (secondary N) is 1. The fourth-order valence-corrected chi connectivity index (χ4v) is 4.45. The van der Waals surface area contributed by atoms with Crippen molar-refractivity contribution < 1.29 is 12.8 Å². The summed E-state index contributed by atoms with van der Waals surface area (Å²) in [7, 11) is -3.57. The predicted octanol–water partition coefficient (Wildman–Crippen LogP) is 1.59. The van der Waals surface area contributed by atoms with Crippen LogP contribution >= 0.6 is 12.4 Å². The van der Waals surface area contributed by atoms with Gasteiger partial charge < -0.3 is 9.73 Å². The van der Waals surface area contributed by atoms with Gasteiger partial charge in [-0.3, -0.25) is 0 Å². The van der Waals surface area contributed by atoms with Gasteiger partial charge in [-0.25, -0.2) is 13.2 Å². The van der Waals surface area contributed by atoms with Gasteiger partial charge in [0, 0.05) is 36.6 Å². The smallest absolute Gasteiger partial charge is 0.336 e. The summed E-state index contributed by atoms with van der Waals surface area (Å²) in [5.74, 6) is 0. The van der Waals surface area contributed by atoms with E-state index < -0.39 is 15.6 Å². The average molecular weight is 359 g/mol. The van der Waals surface area contributed by atoms with Gasteiger partial charge >= 0.3 is 5.63 Å². The predicted molar refractivity (Wildman–Crippen MR) is 90.6 cm³/mol. The molecule has 0 aliphatic carbocycles. The van der Waals surface area contributed by atoms with E-state index in [2.05, 4.69) is 5.32 Å². The van der Waals surface area contributed by atoms with Crippen molar-refractivity contribution in [3.63, 3.8) is 0 Å². The summed E-state index contributed by atoms with van der Waals surface area (Å²) in [5.41, 5.74) is -0.0687. The average Bonchev–Trinajstić information content (AvgIpc) is 2.49. The number of hydrogen-bond acceptors (Lipinski definition) is 5. The van der Waals surface area contributed by atoms with E-state index in [-0.39, 0.29) is 29.4 Å². The molecule has 1 fully saturated rings. The third-order valence-electron chi connectivity index (χ3n) is 4.17. The second-order valence-corrected chi connectivity index (χ2v) is 7.44. The first-order valence-electron chi connectivity index (χ1n) is 7.19. The highest BCUT2D eigenvalue weighted by Gasteiger charge is 2.34. The quantitative estimate of drug-likeness (QED) is 0.824. The van der Waals surface area contributed by atoms with Crippen molar-refractivity contribution in [1.29, 1.82) is 0 Å². The molecule has 23 heavy (non-hydrogen) atoms. The van der Waals surface area contributed by atoms with E-state index >= 15 is 0 Å². The summed E-state index contributed by atoms with van der Waals surface area (Å²) in [6.45, 7) is 4.94. The Bertz CT molecular complexity index is 865. The van der Waals surface area contributed by atoms with Gasteiger partial charge in [-0.2, -0.15) is 4.31 Å². The molecule has 0 amide bonds. The first-order chi connectivity index (χ1) is 10.4. The number of nitrogens with zero attached hydrogens (tertiary/aromatic N) is 1. The van der Waals surface area contributed by atoms with Crippen molar-refractivity contribution >= 4 is 33.4 Å². The molecule has 8 heteroatoms. The van der Waals surface area contributed by atoms with Crippen molar-refractivity contribution in [3.05, 3.63) is 40.8 Å². The molecule has 0 bridgehead atoms. The number of rotatable bonds is 2. The summed E-state index contributed by atoms with van der Waals surface area (Å²) in [5, 5.41) is 3.86. The van der Waals surface area contributed by atoms with Gasteiger partial charge in [0.05, 0.1) is 4.90 Å². The summed E-state index contributed by atoms with van der Waals surface area (Å²) in [6.07, 6.45) is 0. The molecule has 126 valence electrons. The summed E-state index contributed by atoms with van der Waals surface area (Å²) in [6, 6.07) is 7.40. The minimum atomic E-state index is -3.57. The van der Waals surface area contributed by atoms with Crippen molar-refractivity contribution in [2.75, 3.05) is 13.1 Å². The molecule has 1 aliphatic rings. The largest absolute Gasteiger partial charge is 0.423 e. The Hall–Kier alpha value is -1.41. The van der Waals surface area contributed by atoms with Crippen LogP contribution in [-0.2, 0) is 10.0 Å². The normalized spacial score (nSPS) is 22.7. The third kappa shape index (κ3) is 3.28. The maximum absolute atomic E-state index is 12.9. The summed E-state index contributed by atoms with van der Waals surface area (Å²) >= 11 is 0. The lowest BCUT2D eigenvalue weighted by Gasteiger charge is -2.37. The lowest BCUT2D eigenvalue weighted by Crippen LogP contribution is -2.57. The van der Waals surface area contributed by atoms with Gasteiger partial charge in [-0.1, -0.05) is 0 Å². The Morgan fingerprint density at radius 2 is 1.96 bits per heavy atom. The van der Waals surface area contributed by atoms with Crippen LogP contribution in [0.1, 0.15) is 13.8 Å². The Morgan fingerprint density at radius 3 is 2.70 bits per heavy atom. The maximum atomic E-state index is 12.9. The van der Waals surface area contributed by atoms with Crippen LogP contribution < -0.4 is 10.9 Å². The Balaban J connectivity index is 0.00000192. The standard InChI is InChI=1S/C15H18N2O4S.ClH/c1-10-11(2)17(8-7-16-10)22(19,20)13-4-5-14-12(9-13)3-6-15(18)21-14;/h3-6,9-11,16H,7-8H2,1-2H3;1H. The molecule has 1 aliphatic heterocycles. The topological polar surface area (TPSA) is 79.6 Å². The monoisotopic (exact) mass is 358 g/mol. The van der Waals surface area contributed by atoms with Crippen LogP contribution in [0.3, 0.4) is 0 Å². The highest BCUT2D eigenvalue weighted by atomic mass is 35.5. The molecular formula is C15H19ClN2O4S. The molecule has 1 saturated heterocycles. The molecule has 2 unspecified atom stereocenters. The molecule has 2 aromatic rings. The van der Waals surface area contributed by atoms with Gasteiger partial charge in [0.2, 0.25) is 10.0 Å². The molecule has 0 saturated carbocycles. The number of piperazine rings is 1. The first-order valence-corrected chi connectivity index (χ1v) is 8.63. The zero-order valence-corrected chi connectivity index (χ0v) is 14.5. The second-order valence-electron chi connectivity index (χ2n) is 5.55. The first kappa shape index (κ1) is 17.9. The fraction of sp³-hybridized carbons (Fsp3) is 0.400. The highest BCUT2D eigenvalue weighted by molar-refractivity contribution is 7.89. The number of halogens is 1. The third-order valence-corrected chi connectivity index (χ3v) is 6.16. The van der Waals surface area contributed by atoms with Crippen molar-refractivity contribution in [3.8, 4) is 0 Å². The SMILES string of the molecule is CC1NCCN(S(=O)(=O)c2ccc3oc(=O)ccc3c2)C1C.Cl. The van der Waals surface area contributed by atoms with E-state index in [1.54, 1.807) is 12.1 Å². The zero-order valence-electron chi connectivity index (χ0n) is 12.9. The van der Waals surface area contributed by atoms with Gasteiger partial charge in [0.1, 0.15) is 5.58 Å². The summed E-state index contributed by atoms with van der Waals surface area (Å²) in [4.78, 5) is 11.4. The lowest BCUT2D eigenvalue weighted by atomic mass is 10.1. The number of benzene rings is 1. The van der Waals surface area contributed by atoms with Gasteiger partial charge in [0.15, 0.2) is 0 Å². The van der Waals surface area contributed by atoms with E-state index in [0.717, 1.165) is 0 Å². The van der Waals surface area contributed by atoms with Gasteiger partial charge in [0.25, 0.3) is 0 Å². The molecule has 1 aromatic heterocycles. The molecular weight excluding hydrogens is 340 g/mol. The number of fused-ring (bicyclic) bond motifs is 1. The highest BCUT2D eigenvalue weighted by Crippen LogP contribution is 2.24. The maximum Gasteiger partial charge on any atom is 0.336 e. The lowest BCUT2D eigenvalue weighted by molar-refractivity contribution is 0.233. The zero-order chi connectivity index (χ0) is 15.9. The molecule has 6 nitrogen and oxygen atoms in total. The molecule has 1 N–H and O–H groups in total. The molecule has 3 rings (SSSR count). The Kier molecular flexibility index (Phi) is 5.15. The molecule has 0 spiro atoms. The Labute approximate surface area is 140 Å². The summed E-state index contributed by atoms with van der Waals surface area (Å²) < 4.78 is 32.3. The van der Waals surface area contributed by atoms with Crippen LogP contribution in [0.15, 0.2) is 44.4 Å². The fourth-order valence-electron chi connectivity index (χ4n) is 2.71. The number of sulfonamides is 1. The molecule has 1 aromatic carbocycles.